The molecule has 0 aliphatic heterocycles. The van der Waals surface area contributed by atoms with Gasteiger partial charge in [0, 0.05) is 0 Å². The SMILES string of the molecule is [B]C(C)CC([B]C)CC. The first-order valence-corrected chi connectivity index (χ1v) is 3.75. The van der Waals surface area contributed by atoms with Crippen molar-refractivity contribution in [3.8, 4) is 0 Å². The molecule has 2 heteroatoms. The molecule has 0 spiro atoms. The van der Waals surface area contributed by atoms with Crippen molar-refractivity contribution >= 4 is 15.1 Å². The van der Waals surface area contributed by atoms with Gasteiger partial charge in [-0.15, -0.1) is 0 Å². The second kappa shape index (κ2) is 4.96. The maximum absolute atomic E-state index is 5.62. The monoisotopic (exact) mass is 121 g/mol. The maximum atomic E-state index is 5.62. The van der Waals surface area contributed by atoms with Crippen molar-refractivity contribution in [3.63, 3.8) is 0 Å². The van der Waals surface area contributed by atoms with Gasteiger partial charge < -0.3 is 0 Å². The Kier molecular flexibility index (Phi) is 5.03. The Morgan fingerprint density at radius 1 is 1.56 bits per heavy atom. The van der Waals surface area contributed by atoms with E-state index < -0.39 is 0 Å². The van der Waals surface area contributed by atoms with Crippen molar-refractivity contribution in [1.82, 2.24) is 0 Å². The molecule has 0 aromatic rings. The van der Waals surface area contributed by atoms with E-state index in [9.17, 15) is 0 Å². The van der Waals surface area contributed by atoms with Crippen LogP contribution in [0.1, 0.15) is 26.7 Å². The van der Waals surface area contributed by atoms with E-state index in [1.54, 1.807) is 0 Å². The fourth-order valence-corrected chi connectivity index (χ4v) is 1.02. The van der Waals surface area contributed by atoms with Crippen LogP contribution < -0.4 is 0 Å². The summed E-state index contributed by atoms with van der Waals surface area (Å²) in [5, 5.41) is 0. The summed E-state index contributed by atoms with van der Waals surface area (Å²) < 4.78 is 0. The predicted octanol–water partition coefficient (Wildman–Crippen LogP) is 2.30. The number of hydrogen-bond donors (Lipinski definition) is 0. The maximum Gasteiger partial charge on any atom is 0.110 e. The third-order valence-electron chi connectivity index (χ3n) is 1.67. The van der Waals surface area contributed by atoms with Crippen molar-refractivity contribution in [2.75, 3.05) is 0 Å². The van der Waals surface area contributed by atoms with Crippen LogP contribution in [0.4, 0.5) is 0 Å². The first kappa shape index (κ1) is 9.13. The molecule has 0 heterocycles. The first-order chi connectivity index (χ1) is 4.20. The van der Waals surface area contributed by atoms with E-state index >= 15 is 0 Å². The Bertz CT molecular complexity index is 57.9. The summed E-state index contributed by atoms with van der Waals surface area (Å²) >= 11 is 0. The summed E-state index contributed by atoms with van der Waals surface area (Å²) in [6.07, 6.45) is 2.35. The summed E-state index contributed by atoms with van der Waals surface area (Å²) in [6, 6.07) is 0. The quantitative estimate of drug-likeness (QED) is 0.500. The highest BCUT2D eigenvalue weighted by atomic mass is 14.0. The Balaban J connectivity index is 3.31. The zero-order valence-corrected chi connectivity index (χ0v) is 6.72. The molecule has 0 aromatic carbocycles. The van der Waals surface area contributed by atoms with Gasteiger partial charge in [0.2, 0.25) is 0 Å². The van der Waals surface area contributed by atoms with Crippen LogP contribution in [0.2, 0.25) is 18.5 Å². The summed E-state index contributed by atoms with van der Waals surface area (Å²) in [6.45, 7) is 6.37. The summed E-state index contributed by atoms with van der Waals surface area (Å²) in [5.74, 6) is 1.08. The molecule has 0 saturated carbocycles. The van der Waals surface area contributed by atoms with Crippen LogP contribution in [0, 0.1) is 0 Å². The minimum Gasteiger partial charge on any atom is -0.0917 e. The Labute approximate surface area is 61.1 Å². The lowest BCUT2D eigenvalue weighted by Gasteiger charge is -2.13. The van der Waals surface area contributed by atoms with Gasteiger partial charge >= 0.3 is 0 Å². The molecule has 0 bridgehead atoms. The predicted molar refractivity (Wildman–Crippen MR) is 45.5 cm³/mol. The minimum atomic E-state index is 0.353. The summed E-state index contributed by atoms with van der Waals surface area (Å²) in [7, 11) is 7.86. The van der Waals surface area contributed by atoms with Crippen LogP contribution in [-0.2, 0) is 0 Å². The normalized spacial score (nSPS) is 16.8. The van der Waals surface area contributed by atoms with Gasteiger partial charge in [-0.1, -0.05) is 45.1 Å². The van der Waals surface area contributed by atoms with Gasteiger partial charge in [0.25, 0.3) is 0 Å². The highest BCUT2D eigenvalue weighted by molar-refractivity contribution is 6.35. The van der Waals surface area contributed by atoms with Crippen molar-refractivity contribution < 1.29 is 0 Å². The van der Waals surface area contributed by atoms with Crippen molar-refractivity contribution in [1.29, 1.82) is 0 Å². The molecular weight excluding hydrogens is 106 g/mol. The Morgan fingerprint density at radius 3 is 2.22 bits per heavy atom. The second-order valence-corrected chi connectivity index (χ2v) is 2.71. The Hall–Kier alpha value is 0.130. The fourth-order valence-electron chi connectivity index (χ4n) is 1.02. The molecule has 0 fully saturated rings. The van der Waals surface area contributed by atoms with E-state index in [-0.39, 0.29) is 0 Å². The molecule has 0 N–H and O–H groups in total. The summed E-state index contributed by atoms with van der Waals surface area (Å²) in [4.78, 5) is 0. The molecule has 0 nitrogen and oxygen atoms in total. The minimum absolute atomic E-state index is 0.353. The Morgan fingerprint density at radius 2 is 2.11 bits per heavy atom. The standard InChI is InChI=1S/C7H15B2/c1-4-7(9-3)5-6(2)8/h6-7H,4-5H2,1-3H3. The van der Waals surface area contributed by atoms with E-state index in [2.05, 4.69) is 28.0 Å². The molecule has 2 atom stereocenters. The van der Waals surface area contributed by atoms with Crippen LogP contribution in [0.15, 0.2) is 0 Å². The lowest BCUT2D eigenvalue weighted by atomic mass is 9.60. The molecule has 0 saturated heterocycles. The van der Waals surface area contributed by atoms with Crippen LogP contribution in [0.5, 0.6) is 0 Å². The number of rotatable bonds is 4. The van der Waals surface area contributed by atoms with Crippen LogP contribution in [0.25, 0.3) is 0 Å². The van der Waals surface area contributed by atoms with Gasteiger partial charge in [-0.05, 0) is 0 Å². The fraction of sp³-hybridized carbons (Fsp3) is 1.00. The molecule has 0 rings (SSSR count). The zero-order chi connectivity index (χ0) is 7.28. The molecule has 0 aliphatic rings. The van der Waals surface area contributed by atoms with Crippen LogP contribution in [0.3, 0.4) is 0 Å². The van der Waals surface area contributed by atoms with Crippen molar-refractivity contribution in [3.05, 3.63) is 0 Å². The molecule has 0 aliphatic carbocycles. The molecule has 9 heavy (non-hydrogen) atoms. The molecule has 0 amide bonds. The molecule has 3 radical (unpaired) electrons. The lowest BCUT2D eigenvalue weighted by Crippen LogP contribution is -2.01. The van der Waals surface area contributed by atoms with E-state index in [4.69, 9.17) is 7.85 Å². The average molecular weight is 121 g/mol. The van der Waals surface area contributed by atoms with E-state index in [0.717, 1.165) is 12.2 Å². The molecule has 49 valence electrons. The topological polar surface area (TPSA) is 0 Å². The number of hydrogen-bond acceptors (Lipinski definition) is 0. The lowest BCUT2D eigenvalue weighted by molar-refractivity contribution is 0.693. The first-order valence-electron chi connectivity index (χ1n) is 3.75. The molecule has 2 unspecified atom stereocenters. The van der Waals surface area contributed by atoms with E-state index in [1.807, 2.05) is 0 Å². The van der Waals surface area contributed by atoms with Gasteiger partial charge in [0.05, 0.1) is 7.85 Å². The highest BCUT2D eigenvalue weighted by Crippen LogP contribution is 2.20. The third kappa shape index (κ3) is 4.62. The van der Waals surface area contributed by atoms with Crippen molar-refractivity contribution in [2.45, 2.75) is 45.1 Å². The van der Waals surface area contributed by atoms with Gasteiger partial charge in [0.1, 0.15) is 7.28 Å². The second-order valence-electron chi connectivity index (χ2n) is 2.71. The van der Waals surface area contributed by atoms with Crippen molar-refractivity contribution in [2.24, 2.45) is 0 Å². The van der Waals surface area contributed by atoms with Gasteiger partial charge in [-0.25, -0.2) is 0 Å². The average Bonchev–Trinajstić information content (AvgIpc) is 1.82. The largest absolute Gasteiger partial charge is 0.110 e. The van der Waals surface area contributed by atoms with Gasteiger partial charge in [0.15, 0.2) is 0 Å². The highest BCUT2D eigenvalue weighted by Gasteiger charge is 2.05. The molecule has 0 aromatic heterocycles. The van der Waals surface area contributed by atoms with Gasteiger partial charge in [-0.2, -0.15) is 0 Å². The summed E-state index contributed by atoms with van der Waals surface area (Å²) in [5.41, 5.74) is 0. The van der Waals surface area contributed by atoms with Gasteiger partial charge in [-0.3, -0.25) is 0 Å². The van der Waals surface area contributed by atoms with Crippen LogP contribution in [-0.4, -0.2) is 15.1 Å². The zero-order valence-electron chi connectivity index (χ0n) is 6.72. The third-order valence-corrected chi connectivity index (χ3v) is 1.67. The molecular formula is C7H15B2. The smallest absolute Gasteiger partial charge is 0.0917 e. The van der Waals surface area contributed by atoms with E-state index in [1.165, 1.54) is 6.42 Å². The van der Waals surface area contributed by atoms with Crippen LogP contribution >= 0.6 is 0 Å². The van der Waals surface area contributed by atoms with E-state index in [0.29, 0.717) is 5.82 Å².